The van der Waals surface area contributed by atoms with Gasteiger partial charge < -0.3 is 14.8 Å². The highest BCUT2D eigenvalue weighted by Crippen LogP contribution is 2.31. The molecular formula is C26H31N3O4. The number of benzene rings is 2. The zero-order valence-corrected chi connectivity index (χ0v) is 19.1. The van der Waals surface area contributed by atoms with Gasteiger partial charge in [-0.05, 0) is 61.9 Å². The molecule has 0 saturated carbocycles. The van der Waals surface area contributed by atoms with Crippen molar-refractivity contribution < 1.29 is 19.1 Å². The first-order valence-corrected chi connectivity index (χ1v) is 11.7. The number of piperidine rings is 1. The van der Waals surface area contributed by atoms with E-state index in [9.17, 15) is 9.59 Å². The van der Waals surface area contributed by atoms with Crippen LogP contribution in [0.15, 0.2) is 47.6 Å². The van der Waals surface area contributed by atoms with Crippen molar-refractivity contribution in [1.29, 1.82) is 0 Å². The Morgan fingerprint density at radius 2 is 1.94 bits per heavy atom. The Bertz CT molecular complexity index is 997. The zero-order valence-electron chi connectivity index (χ0n) is 19.1. The number of anilines is 1. The third kappa shape index (κ3) is 6.34. The van der Waals surface area contributed by atoms with Crippen molar-refractivity contribution in [2.24, 2.45) is 11.0 Å². The van der Waals surface area contributed by atoms with Crippen LogP contribution in [0.3, 0.4) is 0 Å². The quantitative estimate of drug-likeness (QED) is 0.505. The van der Waals surface area contributed by atoms with Crippen molar-refractivity contribution in [1.82, 2.24) is 5.01 Å². The highest BCUT2D eigenvalue weighted by Gasteiger charge is 2.23. The average molecular weight is 450 g/mol. The van der Waals surface area contributed by atoms with Crippen molar-refractivity contribution in [3.63, 3.8) is 0 Å². The average Bonchev–Trinajstić information content (AvgIpc) is 2.84. The molecule has 2 aromatic rings. The van der Waals surface area contributed by atoms with Gasteiger partial charge in [-0.15, -0.1) is 0 Å². The molecule has 0 aliphatic carbocycles. The number of nitrogens with zero attached hydrogens (tertiary/aromatic N) is 2. The summed E-state index contributed by atoms with van der Waals surface area (Å²) in [6, 6.07) is 13.1. The Morgan fingerprint density at radius 1 is 1.15 bits per heavy atom. The van der Waals surface area contributed by atoms with Crippen LogP contribution in [-0.2, 0) is 16.0 Å². The van der Waals surface area contributed by atoms with Gasteiger partial charge in [0.2, 0.25) is 0 Å². The second-order valence-corrected chi connectivity index (χ2v) is 8.55. The van der Waals surface area contributed by atoms with Gasteiger partial charge in [0.15, 0.2) is 0 Å². The number of hydrogen-bond acceptors (Lipinski definition) is 6. The summed E-state index contributed by atoms with van der Waals surface area (Å²) >= 11 is 0. The molecular weight excluding hydrogens is 418 g/mol. The second-order valence-electron chi connectivity index (χ2n) is 8.55. The van der Waals surface area contributed by atoms with E-state index < -0.39 is 0 Å². The van der Waals surface area contributed by atoms with Crippen molar-refractivity contribution in [3.05, 3.63) is 59.2 Å². The van der Waals surface area contributed by atoms with Gasteiger partial charge in [0.25, 0.3) is 5.91 Å². The molecule has 2 aliphatic rings. The molecule has 0 spiro atoms. The summed E-state index contributed by atoms with van der Waals surface area (Å²) < 4.78 is 10.9. The van der Waals surface area contributed by atoms with E-state index in [0.717, 1.165) is 36.4 Å². The molecule has 174 valence electrons. The maximum atomic E-state index is 12.7. The monoisotopic (exact) mass is 449 g/mol. The number of carbonyl (C=O) groups is 2. The van der Waals surface area contributed by atoms with Gasteiger partial charge in [-0.3, -0.25) is 14.6 Å². The first kappa shape index (κ1) is 22.8. The third-order valence-electron chi connectivity index (χ3n) is 5.94. The molecule has 33 heavy (non-hydrogen) atoms. The smallest absolute Gasteiger partial charge is 0.306 e. The van der Waals surface area contributed by atoms with E-state index in [1.807, 2.05) is 48.7 Å². The molecule has 1 N–H and O–H groups in total. The number of hydrazone groups is 1. The van der Waals surface area contributed by atoms with E-state index in [1.165, 1.54) is 19.3 Å². The van der Waals surface area contributed by atoms with E-state index in [-0.39, 0.29) is 17.8 Å². The molecule has 2 heterocycles. The summed E-state index contributed by atoms with van der Waals surface area (Å²) in [5.74, 6) is 0.485. The standard InChI is InChI=1S/C26H31N3O4/c1-2-32-25(30)15-20-14-22-10-11-23(16-24(22)33-18-20)28-26(31)21-8-6-19(7-9-21)17-27-29-12-4-3-5-13-29/h6-11,16-17,20H,2-5,12-15,18H2,1H3,(H,28,31)/b27-17+. The van der Waals surface area contributed by atoms with Gasteiger partial charge >= 0.3 is 5.97 Å². The number of rotatable bonds is 7. The van der Waals surface area contributed by atoms with Crippen molar-refractivity contribution in [2.45, 2.75) is 39.0 Å². The van der Waals surface area contributed by atoms with Crippen molar-refractivity contribution in [2.75, 3.05) is 31.6 Å². The molecule has 0 aromatic heterocycles. The van der Waals surface area contributed by atoms with Crippen molar-refractivity contribution in [3.8, 4) is 5.75 Å². The molecule has 7 nitrogen and oxygen atoms in total. The molecule has 1 saturated heterocycles. The summed E-state index contributed by atoms with van der Waals surface area (Å²) in [6.07, 6.45) is 6.62. The Morgan fingerprint density at radius 3 is 2.70 bits per heavy atom. The Balaban J connectivity index is 1.32. The van der Waals surface area contributed by atoms with Crippen LogP contribution in [0, 0.1) is 5.92 Å². The van der Waals surface area contributed by atoms with Gasteiger partial charge in [-0.2, -0.15) is 5.10 Å². The number of nitrogens with one attached hydrogen (secondary N) is 1. The lowest BCUT2D eigenvalue weighted by Gasteiger charge is -2.25. The lowest BCUT2D eigenvalue weighted by atomic mass is 9.94. The first-order chi connectivity index (χ1) is 16.1. The predicted molar refractivity (Wildman–Crippen MR) is 128 cm³/mol. The fourth-order valence-electron chi connectivity index (χ4n) is 4.16. The normalized spacial score (nSPS) is 17.8. The molecule has 0 radical (unpaired) electrons. The maximum Gasteiger partial charge on any atom is 0.306 e. The molecule has 2 aliphatic heterocycles. The number of esters is 1. The minimum absolute atomic E-state index is 0.106. The third-order valence-corrected chi connectivity index (χ3v) is 5.94. The van der Waals surface area contributed by atoms with Gasteiger partial charge in [0, 0.05) is 36.3 Å². The summed E-state index contributed by atoms with van der Waals surface area (Å²) in [7, 11) is 0. The van der Waals surface area contributed by atoms with E-state index in [0.29, 0.717) is 30.9 Å². The lowest BCUT2D eigenvalue weighted by Crippen LogP contribution is -2.24. The number of ether oxygens (including phenoxy) is 2. The van der Waals surface area contributed by atoms with Crippen LogP contribution < -0.4 is 10.1 Å². The highest BCUT2D eigenvalue weighted by molar-refractivity contribution is 6.04. The second kappa shape index (κ2) is 11.0. The van der Waals surface area contributed by atoms with Crippen molar-refractivity contribution >= 4 is 23.8 Å². The van der Waals surface area contributed by atoms with Gasteiger partial charge in [0.1, 0.15) is 5.75 Å². The number of amides is 1. The highest BCUT2D eigenvalue weighted by atomic mass is 16.5. The van der Waals surface area contributed by atoms with E-state index in [4.69, 9.17) is 9.47 Å². The number of hydrogen-bond donors (Lipinski definition) is 1. The minimum Gasteiger partial charge on any atom is -0.493 e. The fourth-order valence-corrected chi connectivity index (χ4v) is 4.16. The molecule has 1 fully saturated rings. The Kier molecular flexibility index (Phi) is 7.60. The molecule has 0 bridgehead atoms. The van der Waals surface area contributed by atoms with Crippen LogP contribution in [0.2, 0.25) is 0 Å². The largest absolute Gasteiger partial charge is 0.493 e. The predicted octanol–water partition coefficient (Wildman–Crippen LogP) is 4.26. The van der Waals surface area contributed by atoms with Gasteiger partial charge in [-0.1, -0.05) is 18.2 Å². The van der Waals surface area contributed by atoms with Crippen LogP contribution in [0.4, 0.5) is 5.69 Å². The molecule has 7 heteroatoms. The number of fused-ring (bicyclic) bond motifs is 1. The lowest BCUT2D eigenvalue weighted by molar-refractivity contribution is -0.144. The molecule has 4 rings (SSSR count). The Hall–Kier alpha value is -3.35. The summed E-state index contributed by atoms with van der Waals surface area (Å²) in [5.41, 5.74) is 3.26. The topological polar surface area (TPSA) is 80.2 Å². The van der Waals surface area contributed by atoms with Gasteiger partial charge in [-0.25, -0.2) is 0 Å². The van der Waals surface area contributed by atoms with Gasteiger partial charge in [0.05, 0.1) is 25.8 Å². The summed E-state index contributed by atoms with van der Waals surface area (Å²) in [5, 5.41) is 9.57. The molecule has 1 amide bonds. The Labute approximate surface area is 194 Å². The van der Waals surface area contributed by atoms with Crippen LogP contribution in [0.1, 0.15) is 54.1 Å². The first-order valence-electron chi connectivity index (χ1n) is 11.7. The summed E-state index contributed by atoms with van der Waals surface area (Å²) in [4.78, 5) is 24.4. The summed E-state index contributed by atoms with van der Waals surface area (Å²) in [6.45, 7) is 4.67. The van der Waals surface area contributed by atoms with E-state index in [1.54, 1.807) is 6.92 Å². The zero-order chi connectivity index (χ0) is 23.0. The van der Waals surface area contributed by atoms with Crippen LogP contribution in [-0.4, -0.2) is 49.4 Å². The number of carbonyl (C=O) groups excluding carboxylic acids is 2. The van der Waals surface area contributed by atoms with Crippen LogP contribution in [0.5, 0.6) is 5.75 Å². The fraction of sp³-hybridized carbons (Fsp3) is 0.423. The molecule has 1 atom stereocenters. The maximum absolute atomic E-state index is 12.7. The van der Waals surface area contributed by atoms with Crippen LogP contribution in [0.25, 0.3) is 0 Å². The molecule has 2 aromatic carbocycles. The van der Waals surface area contributed by atoms with E-state index >= 15 is 0 Å². The van der Waals surface area contributed by atoms with Crippen LogP contribution >= 0.6 is 0 Å². The van der Waals surface area contributed by atoms with E-state index in [2.05, 4.69) is 15.4 Å². The minimum atomic E-state index is -0.192. The SMILES string of the molecule is CCOC(=O)CC1COc2cc(NC(=O)c3ccc(/C=N/N4CCCCC4)cc3)ccc2C1. The molecule has 1 unspecified atom stereocenters.